The van der Waals surface area contributed by atoms with Crippen molar-refractivity contribution < 1.29 is 14.3 Å². The quantitative estimate of drug-likeness (QED) is 0.577. The Morgan fingerprint density at radius 2 is 2.00 bits per heavy atom. The lowest BCUT2D eigenvalue weighted by Gasteiger charge is -2.17. The Labute approximate surface area is 141 Å². The highest BCUT2D eigenvalue weighted by Crippen LogP contribution is 2.28. The maximum absolute atomic E-state index is 11.9. The SMILES string of the molecule is Cc1ccc(SCCCOc2ccc3c(c2)C(=O)CCO3)cc1. The highest BCUT2D eigenvalue weighted by molar-refractivity contribution is 7.99. The van der Waals surface area contributed by atoms with Crippen LogP contribution in [-0.4, -0.2) is 24.7 Å². The second-order valence-corrected chi connectivity index (χ2v) is 6.71. The molecule has 3 rings (SSSR count). The Morgan fingerprint density at radius 1 is 1.17 bits per heavy atom. The number of hydrogen-bond acceptors (Lipinski definition) is 4. The Bertz CT molecular complexity index is 680. The van der Waals surface area contributed by atoms with Crippen LogP contribution in [0.25, 0.3) is 0 Å². The van der Waals surface area contributed by atoms with E-state index in [0.29, 0.717) is 30.9 Å². The lowest BCUT2D eigenvalue weighted by molar-refractivity contribution is 0.0933. The molecule has 4 heteroatoms. The minimum absolute atomic E-state index is 0.131. The van der Waals surface area contributed by atoms with Gasteiger partial charge in [-0.15, -0.1) is 11.8 Å². The summed E-state index contributed by atoms with van der Waals surface area (Å²) in [6.07, 6.45) is 1.41. The minimum Gasteiger partial charge on any atom is -0.494 e. The monoisotopic (exact) mass is 328 g/mol. The summed E-state index contributed by atoms with van der Waals surface area (Å²) in [5.41, 5.74) is 1.92. The molecule has 0 radical (unpaired) electrons. The molecule has 23 heavy (non-hydrogen) atoms. The maximum Gasteiger partial charge on any atom is 0.170 e. The van der Waals surface area contributed by atoms with Crippen molar-refractivity contribution in [1.82, 2.24) is 0 Å². The van der Waals surface area contributed by atoms with Gasteiger partial charge in [-0.3, -0.25) is 4.79 Å². The van der Waals surface area contributed by atoms with Crippen molar-refractivity contribution in [2.45, 2.75) is 24.7 Å². The van der Waals surface area contributed by atoms with Crippen molar-refractivity contribution in [3.63, 3.8) is 0 Å². The molecule has 0 aliphatic carbocycles. The Morgan fingerprint density at radius 3 is 2.83 bits per heavy atom. The van der Waals surface area contributed by atoms with Gasteiger partial charge < -0.3 is 9.47 Å². The topological polar surface area (TPSA) is 35.5 Å². The second-order valence-electron chi connectivity index (χ2n) is 5.54. The molecule has 0 saturated heterocycles. The van der Waals surface area contributed by atoms with Crippen molar-refractivity contribution >= 4 is 17.5 Å². The third-order valence-corrected chi connectivity index (χ3v) is 4.78. The van der Waals surface area contributed by atoms with Crippen LogP contribution in [0.4, 0.5) is 0 Å². The number of benzene rings is 2. The van der Waals surface area contributed by atoms with Gasteiger partial charge in [0, 0.05) is 17.1 Å². The van der Waals surface area contributed by atoms with E-state index in [9.17, 15) is 4.79 Å². The van der Waals surface area contributed by atoms with Gasteiger partial charge in [-0.05, 0) is 43.7 Å². The number of ether oxygens (including phenoxy) is 2. The molecule has 0 spiro atoms. The van der Waals surface area contributed by atoms with Crippen LogP contribution in [0.1, 0.15) is 28.8 Å². The van der Waals surface area contributed by atoms with Gasteiger partial charge in [0.1, 0.15) is 11.5 Å². The molecule has 0 amide bonds. The molecule has 1 aliphatic heterocycles. The third-order valence-electron chi connectivity index (χ3n) is 3.69. The number of aryl methyl sites for hydroxylation is 1. The number of rotatable bonds is 6. The van der Waals surface area contributed by atoms with E-state index in [1.807, 2.05) is 23.9 Å². The molecule has 0 fully saturated rings. The van der Waals surface area contributed by atoms with E-state index in [0.717, 1.165) is 17.9 Å². The van der Waals surface area contributed by atoms with Gasteiger partial charge in [-0.1, -0.05) is 17.7 Å². The number of carbonyl (C=O) groups is 1. The van der Waals surface area contributed by atoms with Crippen molar-refractivity contribution in [2.24, 2.45) is 0 Å². The minimum atomic E-state index is 0.131. The van der Waals surface area contributed by atoms with Gasteiger partial charge >= 0.3 is 0 Å². The Hall–Kier alpha value is -1.94. The van der Waals surface area contributed by atoms with Crippen LogP contribution in [0.15, 0.2) is 47.4 Å². The van der Waals surface area contributed by atoms with E-state index in [2.05, 4.69) is 31.2 Å². The van der Waals surface area contributed by atoms with Crippen LogP contribution in [0.3, 0.4) is 0 Å². The fourth-order valence-corrected chi connectivity index (χ4v) is 3.23. The van der Waals surface area contributed by atoms with E-state index in [1.54, 1.807) is 6.07 Å². The van der Waals surface area contributed by atoms with Crippen LogP contribution in [0, 0.1) is 6.92 Å². The average Bonchev–Trinajstić information content (AvgIpc) is 2.57. The van der Waals surface area contributed by atoms with Crippen molar-refractivity contribution in [3.8, 4) is 11.5 Å². The summed E-state index contributed by atoms with van der Waals surface area (Å²) in [6, 6.07) is 14.0. The number of fused-ring (bicyclic) bond motifs is 1. The van der Waals surface area contributed by atoms with Crippen molar-refractivity contribution in [2.75, 3.05) is 19.0 Å². The first-order chi connectivity index (χ1) is 11.2. The van der Waals surface area contributed by atoms with Gasteiger partial charge in [-0.2, -0.15) is 0 Å². The molecule has 0 aromatic heterocycles. The normalized spacial score (nSPS) is 13.3. The summed E-state index contributed by atoms with van der Waals surface area (Å²) in [7, 11) is 0. The first-order valence-corrected chi connectivity index (χ1v) is 8.83. The van der Waals surface area contributed by atoms with E-state index < -0.39 is 0 Å². The predicted molar refractivity (Wildman–Crippen MR) is 92.9 cm³/mol. The fourth-order valence-electron chi connectivity index (χ4n) is 2.40. The third kappa shape index (κ3) is 4.29. The van der Waals surface area contributed by atoms with Gasteiger partial charge in [0.2, 0.25) is 0 Å². The highest BCUT2D eigenvalue weighted by Gasteiger charge is 2.18. The van der Waals surface area contributed by atoms with Gasteiger partial charge in [-0.25, -0.2) is 0 Å². The molecule has 2 aromatic carbocycles. The number of carbonyl (C=O) groups excluding carboxylic acids is 1. The number of thioether (sulfide) groups is 1. The standard InChI is InChI=1S/C19H20O3S/c1-14-3-6-16(7-4-14)23-12-2-10-21-15-5-8-19-17(13-15)18(20)9-11-22-19/h3-8,13H,2,9-12H2,1H3. The van der Waals surface area contributed by atoms with E-state index in [-0.39, 0.29) is 5.78 Å². The van der Waals surface area contributed by atoms with Crippen LogP contribution in [0.5, 0.6) is 11.5 Å². The molecule has 0 bridgehead atoms. The number of ketones is 1. The zero-order valence-corrected chi connectivity index (χ0v) is 14.0. The van der Waals surface area contributed by atoms with E-state index in [1.165, 1.54) is 10.5 Å². The lowest BCUT2D eigenvalue weighted by atomic mass is 10.0. The first kappa shape index (κ1) is 15.9. The molecule has 120 valence electrons. The largest absolute Gasteiger partial charge is 0.494 e. The molecular formula is C19H20O3S. The van der Waals surface area contributed by atoms with Crippen LogP contribution in [0.2, 0.25) is 0 Å². The molecular weight excluding hydrogens is 308 g/mol. The van der Waals surface area contributed by atoms with Gasteiger partial charge in [0.15, 0.2) is 5.78 Å². The fraction of sp³-hybridized carbons (Fsp3) is 0.316. The van der Waals surface area contributed by atoms with Gasteiger partial charge in [0.05, 0.1) is 18.8 Å². The summed E-state index contributed by atoms with van der Waals surface area (Å²) in [5, 5.41) is 0. The summed E-state index contributed by atoms with van der Waals surface area (Å²) >= 11 is 1.83. The summed E-state index contributed by atoms with van der Waals surface area (Å²) in [5.74, 6) is 2.55. The molecule has 0 atom stereocenters. The van der Waals surface area contributed by atoms with Crippen molar-refractivity contribution in [1.29, 1.82) is 0 Å². The Balaban J connectivity index is 1.45. The van der Waals surface area contributed by atoms with Crippen molar-refractivity contribution in [3.05, 3.63) is 53.6 Å². The van der Waals surface area contributed by atoms with Crippen LogP contribution in [-0.2, 0) is 0 Å². The molecule has 1 heterocycles. The summed E-state index contributed by atoms with van der Waals surface area (Å²) in [4.78, 5) is 13.1. The van der Waals surface area contributed by atoms with Gasteiger partial charge in [0.25, 0.3) is 0 Å². The second kappa shape index (κ2) is 7.55. The predicted octanol–water partition coefficient (Wildman–Crippen LogP) is 4.52. The summed E-state index contributed by atoms with van der Waals surface area (Å²) < 4.78 is 11.2. The van der Waals surface area contributed by atoms with E-state index >= 15 is 0 Å². The first-order valence-electron chi connectivity index (χ1n) is 7.85. The zero-order chi connectivity index (χ0) is 16.1. The number of hydrogen-bond donors (Lipinski definition) is 0. The van der Waals surface area contributed by atoms with Crippen LogP contribution >= 0.6 is 11.8 Å². The van der Waals surface area contributed by atoms with E-state index in [4.69, 9.17) is 9.47 Å². The Kier molecular flexibility index (Phi) is 5.23. The molecule has 0 saturated carbocycles. The molecule has 0 unspecified atom stereocenters. The number of Topliss-reactive ketones (excluding diaryl/α,β-unsaturated/α-hetero) is 1. The smallest absolute Gasteiger partial charge is 0.170 e. The molecule has 3 nitrogen and oxygen atoms in total. The molecule has 1 aliphatic rings. The molecule has 0 N–H and O–H groups in total. The maximum atomic E-state index is 11.9. The lowest BCUT2D eigenvalue weighted by Crippen LogP contribution is -2.15. The average molecular weight is 328 g/mol. The van der Waals surface area contributed by atoms with Crippen LogP contribution < -0.4 is 9.47 Å². The summed E-state index contributed by atoms with van der Waals surface area (Å²) in [6.45, 7) is 3.21. The highest BCUT2D eigenvalue weighted by atomic mass is 32.2. The zero-order valence-electron chi connectivity index (χ0n) is 13.2. The molecule has 2 aromatic rings.